The molecule has 1 aromatic heterocycles. The second-order valence-electron chi connectivity index (χ2n) is 5.79. The van der Waals surface area contributed by atoms with Gasteiger partial charge in [-0.1, -0.05) is 36.8 Å². The Morgan fingerprint density at radius 1 is 1.05 bits per heavy atom. The van der Waals surface area contributed by atoms with E-state index in [2.05, 4.69) is 70.9 Å². The maximum atomic E-state index is 2.63. The molecule has 0 aliphatic carbocycles. The second-order valence-corrected chi connectivity index (χ2v) is 5.79. The molecule has 1 fully saturated rings. The monoisotopic (exact) mass is 270 g/mol. The van der Waals surface area contributed by atoms with Gasteiger partial charge in [0.25, 0.3) is 5.82 Å². The average Bonchev–Trinajstić information content (AvgIpc) is 2.82. The Labute approximate surface area is 121 Å². The van der Waals surface area contributed by atoms with Crippen LogP contribution >= 0.6 is 0 Å². The van der Waals surface area contributed by atoms with Crippen molar-refractivity contribution in [1.29, 1.82) is 0 Å². The number of rotatable bonds is 3. The van der Waals surface area contributed by atoms with Crippen LogP contribution in [0.2, 0.25) is 0 Å². The molecule has 0 N–H and O–H groups in total. The van der Waals surface area contributed by atoms with Crippen LogP contribution in [0.4, 0.5) is 0 Å². The van der Waals surface area contributed by atoms with Gasteiger partial charge in [0.15, 0.2) is 0 Å². The van der Waals surface area contributed by atoms with Crippen molar-refractivity contribution in [3.63, 3.8) is 0 Å². The molecule has 1 atom stereocenters. The molecule has 20 heavy (non-hydrogen) atoms. The van der Waals surface area contributed by atoms with E-state index in [4.69, 9.17) is 0 Å². The lowest BCUT2D eigenvalue weighted by Crippen LogP contribution is -2.43. The summed E-state index contributed by atoms with van der Waals surface area (Å²) in [7, 11) is 4.30. The van der Waals surface area contributed by atoms with Crippen molar-refractivity contribution in [2.24, 2.45) is 14.1 Å². The molecule has 2 aromatic rings. The Hall–Kier alpha value is -1.61. The largest absolute Gasteiger partial charge is 0.286 e. The Bertz CT molecular complexity index is 533. The number of nitrogens with zero attached hydrogens (tertiary/aromatic N) is 3. The molecule has 106 valence electrons. The summed E-state index contributed by atoms with van der Waals surface area (Å²) in [5, 5.41) is 0. The number of imidazole rings is 1. The lowest BCUT2D eigenvalue weighted by Gasteiger charge is -2.32. The molecular formula is C17H24N3+. The molecule has 3 nitrogen and oxygen atoms in total. The van der Waals surface area contributed by atoms with Crippen molar-refractivity contribution < 1.29 is 4.57 Å². The minimum Gasteiger partial charge on any atom is -0.286 e. The summed E-state index contributed by atoms with van der Waals surface area (Å²) in [6.45, 7) is 2.40. The molecule has 1 aliphatic heterocycles. The summed E-state index contributed by atoms with van der Waals surface area (Å²) in [6, 6.07) is 11.3. The van der Waals surface area contributed by atoms with Crippen molar-refractivity contribution in [2.45, 2.75) is 25.3 Å². The first-order valence-corrected chi connectivity index (χ1v) is 7.57. The van der Waals surface area contributed by atoms with Crippen LogP contribution in [0.1, 0.15) is 36.7 Å². The molecule has 3 heteroatoms. The van der Waals surface area contributed by atoms with Gasteiger partial charge in [-0.3, -0.25) is 4.90 Å². The van der Waals surface area contributed by atoms with Crippen LogP contribution < -0.4 is 4.57 Å². The number of likely N-dealkylation sites (tertiary alicyclic amines) is 1. The molecule has 1 aromatic carbocycles. The highest BCUT2D eigenvalue weighted by atomic mass is 15.2. The minimum atomic E-state index is 0.362. The molecule has 0 amide bonds. The van der Waals surface area contributed by atoms with E-state index in [-0.39, 0.29) is 0 Å². The highest BCUT2D eigenvalue weighted by molar-refractivity contribution is 5.24. The zero-order valence-electron chi connectivity index (χ0n) is 12.5. The van der Waals surface area contributed by atoms with Gasteiger partial charge in [-0.25, -0.2) is 9.13 Å². The van der Waals surface area contributed by atoms with E-state index in [1.165, 1.54) is 43.7 Å². The summed E-state index contributed by atoms with van der Waals surface area (Å²) in [5.41, 5.74) is 1.40. The minimum absolute atomic E-state index is 0.362. The Balaban J connectivity index is 2.03. The van der Waals surface area contributed by atoms with Gasteiger partial charge in [0.2, 0.25) is 0 Å². The molecule has 0 spiro atoms. The molecule has 3 rings (SSSR count). The van der Waals surface area contributed by atoms with Crippen LogP contribution in [0.3, 0.4) is 0 Å². The number of aryl methyl sites for hydroxylation is 2. The van der Waals surface area contributed by atoms with Gasteiger partial charge >= 0.3 is 0 Å². The van der Waals surface area contributed by atoms with Gasteiger partial charge in [-0.2, -0.15) is 0 Å². The zero-order valence-corrected chi connectivity index (χ0v) is 12.5. The zero-order chi connectivity index (χ0) is 13.9. The van der Waals surface area contributed by atoms with E-state index in [1.54, 1.807) is 0 Å². The molecule has 1 unspecified atom stereocenters. The highest BCUT2D eigenvalue weighted by Gasteiger charge is 2.32. The van der Waals surface area contributed by atoms with Crippen LogP contribution in [0, 0.1) is 0 Å². The van der Waals surface area contributed by atoms with Crippen molar-refractivity contribution in [3.05, 3.63) is 54.1 Å². The predicted octanol–water partition coefficient (Wildman–Crippen LogP) is 2.42. The fraction of sp³-hybridized carbons (Fsp3) is 0.471. The average molecular weight is 270 g/mol. The summed E-state index contributed by atoms with van der Waals surface area (Å²) in [5.74, 6) is 1.36. The van der Waals surface area contributed by atoms with E-state index in [0.717, 1.165) is 0 Å². The standard InChI is InChI=1S/C17H24N3/c1-18-13-14-19(2)17(18)16(15-9-5-3-6-10-15)20-11-7-4-8-12-20/h3,5-6,9-10,13-14,16H,4,7-8,11-12H2,1-2H3/q+1. The van der Waals surface area contributed by atoms with Gasteiger partial charge in [-0.05, 0) is 31.5 Å². The molecular weight excluding hydrogens is 246 g/mol. The predicted molar refractivity (Wildman–Crippen MR) is 80.3 cm³/mol. The van der Waals surface area contributed by atoms with Crippen LogP contribution in [0.5, 0.6) is 0 Å². The van der Waals surface area contributed by atoms with E-state index in [9.17, 15) is 0 Å². The lowest BCUT2D eigenvalue weighted by molar-refractivity contribution is -0.681. The van der Waals surface area contributed by atoms with Crippen molar-refractivity contribution >= 4 is 0 Å². The summed E-state index contributed by atoms with van der Waals surface area (Å²) in [4.78, 5) is 2.63. The Kier molecular flexibility index (Phi) is 3.88. The molecule has 1 aliphatic rings. The fourth-order valence-electron chi connectivity index (χ4n) is 3.32. The van der Waals surface area contributed by atoms with Crippen molar-refractivity contribution in [3.8, 4) is 0 Å². The van der Waals surface area contributed by atoms with Crippen molar-refractivity contribution in [2.75, 3.05) is 13.1 Å². The van der Waals surface area contributed by atoms with Crippen LogP contribution in [-0.2, 0) is 14.1 Å². The van der Waals surface area contributed by atoms with E-state index in [1.807, 2.05) is 0 Å². The maximum absolute atomic E-state index is 2.63. The van der Waals surface area contributed by atoms with Gasteiger partial charge in [0, 0.05) is 0 Å². The molecule has 0 bridgehead atoms. The third-order valence-corrected chi connectivity index (χ3v) is 4.35. The summed E-state index contributed by atoms with van der Waals surface area (Å²) < 4.78 is 4.51. The molecule has 2 heterocycles. The highest BCUT2D eigenvalue weighted by Crippen LogP contribution is 2.29. The number of piperidine rings is 1. The smallest absolute Gasteiger partial charge is 0.278 e. The first-order valence-electron chi connectivity index (χ1n) is 7.57. The third-order valence-electron chi connectivity index (χ3n) is 4.35. The fourth-order valence-corrected chi connectivity index (χ4v) is 3.32. The van der Waals surface area contributed by atoms with Crippen LogP contribution in [-0.4, -0.2) is 22.6 Å². The first-order chi connectivity index (χ1) is 9.77. The van der Waals surface area contributed by atoms with Gasteiger partial charge < -0.3 is 0 Å². The normalized spacial score (nSPS) is 18.1. The van der Waals surface area contributed by atoms with Gasteiger partial charge in [-0.15, -0.1) is 0 Å². The second kappa shape index (κ2) is 5.80. The lowest BCUT2D eigenvalue weighted by atomic mass is 10.0. The SMILES string of the molecule is Cn1cc[n+](C)c1C(c1ccccc1)N1CCCCC1. The molecule has 0 saturated carbocycles. The summed E-state index contributed by atoms with van der Waals surface area (Å²) in [6.07, 6.45) is 8.30. The third kappa shape index (κ3) is 2.50. The van der Waals surface area contributed by atoms with Crippen LogP contribution in [0.15, 0.2) is 42.7 Å². The summed E-state index contributed by atoms with van der Waals surface area (Å²) >= 11 is 0. The van der Waals surface area contributed by atoms with Crippen molar-refractivity contribution in [1.82, 2.24) is 9.47 Å². The topological polar surface area (TPSA) is 12.0 Å². The number of hydrogen-bond acceptors (Lipinski definition) is 1. The first kappa shape index (κ1) is 13.4. The molecule has 0 radical (unpaired) electrons. The van der Waals surface area contributed by atoms with Gasteiger partial charge in [0.1, 0.15) is 18.4 Å². The van der Waals surface area contributed by atoms with E-state index in [0.29, 0.717) is 6.04 Å². The number of hydrogen-bond donors (Lipinski definition) is 0. The molecule has 1 saturated heterocycles. The quantitative estimate of drug-likeness (QED) is 0.780. The van der Waals surface area contributed by atoms with E-state index < -0.39 is 0 Å². The van der Waals surface area contributed by atoms with Gasteiger partial charge in [0.05, 0.1) is 14.1 Å². The maximum Gasteiger partial charge on any atom is 0.278 e. The Morgan fingerprint density at radius 2 is 1.75 bits per heavy atom. The number of benzene rings is 1. The van der Waals surface area contributed by atoms with Crippen LogP contribution in [0.25, 0.3) is 0 Å². The Morgan fingerprint density at radius 3 is 2.35 bits per heavy atom. The van der Waals surface area contributed by atoms with E-state index >= 15 is 0 Å². The number of aromatic nitrogens is 2.